The van der Waals surface area contributed by atoms with Crippen LogP contribution >= 0.6 is 0 Å². The molecule has 0 atom stereocenters. The van der Waals surface area contributed by atoms with Gasteiger partial charge >= 0.3 is 0 Å². The highest BCUT2D eigenvalue weighted by Gasteiger charge is 2.17. The molecule has 19 heavy (non-hydrogen) atoms. The number of allylic oxidation sites excluding steroid dienone is 3. The van der Waals surface area contributed by atoms with Crippen molar-refractivity contribution in [3.05, 3.63) is 23.3 Å². The highest BCUT2D eigenvalue weighted by Crippen LogP contribution is 2.08. The van der Waals surface area contributed by atoms with Gasteiger partial charge in [-0.2, -0.15) is 0 Å². The van der Waals surface area contributed by atoms with Crippen molar-refractivity contribution in [1.82, 2.24) is 9.80 Å². The Bertz CT molecular complexity index is 346. The standard InChI is InChI=1S/C16H28N2O/c1-14(2)6-5-7-15(3)8-9-17-10-12-18(13-11-17)16(4)19/h6,8H,5,7,9-13H2,1-4H3/b15-8+. The van der Waals surface area contributed by atoms with Crippen LogP contribution in [0.4, 0.5) is 0 Å². The molecule has 0 aromatic carbocycles. The van der Waals surface area contributed by atoms with Crippen LogP contribution in [0.5, 0.6) is 0 Å². The maximum absolute atomic E-state index is 11.2. The zero-order valence-corrected chi connectivity index (χ0v) is 12.9. The molecule has 0 saturated carbocycles. The van der Waals surface area contributed by atoms with Crippen LogP contribution in [0.25, 0.3) is 0 Å². The lowest BCUT2D eigenvalue weighted by atomic mass is 10.1. The minimum absolute atomic E-state index is 0.202. The second kappa shape index (κ2) is 8.16. The van der Waals surface area contributed by atoms with Crippen LogP contribution in [0, 0.1) is 0 Å². The Labute approximate surface area is 118 Å². The zero-order valence-electron chi connectivity index (χ0n) is 12.9. The van der Waals surface area contributed by atoms with Gasteiger partial charge in [0, 0.05) is 39.6 Å². The zero-order chi connectivity index (χ0) is 14.3. The Morgan fingerprint density at radius 2 is 1.63 bits per heavy atom. The van der Waals surface area contributed by atoms with Gasteiger partial charge in [0.15, 0.2) is 0 Å². The van der Waals surface area contributed by atoms with Gasteiger partial charge in [-0.15, -0.1) is 0 Å². The Morgan fingerprint density at radius 1 is 1.00 bits per heavy atom. The van der Waals surface area contributed by atoms with Crippen molar-refractivity contribution in [2.75, 3.05) is 32.7 Å². The summed E-state index contributed by atoms with van der Waals surface area (Å²) in [5, 5.41) is 0. The molecule has 0 bridgehead atoms. The molecule has 0 radical (unpaired) electrons. The lowest BCUT2D eigenvalue weighted by molar-refractivity contribution is -0.130. The van der Waals surface area contributed by atoms with Gasteiger partial charge in [0.05, 0.1) is 0 Å². The van der Waals surface area contributed by atoms with Gasteiger partial charge in [-0.3, -0.25) is 9.69 Å². The van der Waals surface area contributed by atoms with Gasteiger partial charge in [-0.1, -0.05) is 23.3 Å². The molecule has 0 unspecified atom stereocenters. The molecule has 1 aliphatic rings. The topological polar surface area (TPSA) is 23.6 Å². The van der Waals surface area contributed by atoms with E-state index in [4.69, 9.17) is 0 Å². The maximum atomic E-state index is 11.2. The van der Waals surface area contributed by atoms with E-state index in [9.17, 15) is 4.79 Å². The lowest BCUT2D eigenvalue weighted by Gasteiger charge is -2.33. The predicted molar refractivity (Wildman–Crippen MR) is 81.1 cm³/mol. The molecular weight excluding hydrogens is 236 g/mol. The molecule has 3 heteroatoms. The first kappa shape index (κ1) is 16.0. The second-order valence-corrected chi connectivity index (χ2v) is 5.68. The molecule has 108 valence electrons. The van der Waals surface area contributed by atoms with E-state index < -0.39 is 0 Å². The molecule has 1 saturated heterocycles. The summed E-state index contributed by atoms with van der Waals surface area (Å²) in [5.74, 6) is 0.202. The number of carbonyl (C=O) groups excluding carboxylic acids is 1. The minimum Gasteiger partial charge on any atom is -0.340 e. The Kier molecular flexibility index (Phi) is 6.85. The molecule has 0 aliphatic carbocycles. The summed E-state index contributed by atoms with van der Waals surface area (Å²) in [6.45, 7) is 12.9. The average Bonchev–Trinajstić information content (AvgIpc) is 2.36. The SMILES string of the molecule is CC(=O)N1CCN(C/C=C(\C)CCC=C(C)C)CC1. The largest absolute Gasteiger partial charge is 0.340 e. The number of amides is 1. The predicted octanol–water partition coefficient (Wildman–Crippen LogP) is 2.84. The molecule has 0 aromatic rings. The number of rotatable bonds is 5. The number of hydrogen-bond donors (Lipinski definition) is 0. The van der Waals surface area contributed by atoms with Gasteiger partial charge in [-0.05, 0) is 33.6 Å². The van der Waals surface area contributed by atoms with Gasteiger partial charge in [0.25, 0.3) is 0 Å². The van der Waals surface area contributed by atoms with Gasteiger partial charge < -0.3 is 4.90 Å². The monoisotopic (exact) mass is 264 g/mol. The van der Waals surface area contributed by atoms with Crippen molar-refractivity contribution in [2.45, 2.75) is 40.5 Å². The summed E-state index contributed by atoms with van der Waals surface area (Å²) in [6, 6.07) is 0. The van der Waals surface area contributed by atoms with Crippen molar-refractivity contribution >= 4 is 5.91 Å². The minimum atomic E-state index is 0.202. The Hall–Kier alpha value is -1.09. The first-order valence-electron chi connectivity index (χ1n) is 7.26. The molecule has 1 amide bonds. The van der Waals surface area contributed by atoms with Crippen molar-refractivity contribution < 1.29 is 4.79 Å². The molecule has 0 N–H and O–H groups in total. The van der Waals surface area contributed by atoms with E-state index in [2.05, 4.69) is 37.8 Å². The fourth-order valence-corrected chi connectivity index (χ4v) is 2.22. The third kappa shape index (κ3) is 6.58. The van der Waals surface area contributed by atoms with E-state index in [0.717, 1.165) is 45.6 Å². The summed E-state index contributed by atoms with van der Waals surface area (Å²) in [6.07, 6.45) is 6.92. The number of piperazine rings is 1. The lowest BCUT2D eigenvalue weighted by Crippen LogP contribution is -2.47. The van der Waals surface area contributed by atoms with Crippen LogP contribution in [0.2, 0.25) is 0 Å². The molecule has 1 aliphatic heterocycles. The summed E-state index contributed by atoms with van der Waals surface area (Å²) < 4.78 is 0. The molecule has 0 spiro atoms. The van der Waals surface area contributed by atoms with Gasteiger partial charge in [0.1, 0.15) is 0 Å². The van der Waals surface area contributed by atoms with Crippen LogP contribution in [0.15, 0.2) is 23.3 Å². The van der Waals surface area contributed by atoms with Crippen LogP contribution in [-0.2, 0) is 4.79 Å². The van der Waals surface area contributed by atoms with Crippen molar-refractivity contribution in [3.63, 3.8) is 0 Å². The van der Waals surface area contributed by atoms with Crippen LogP contribution in [-0.4, -0.2) is 48.4 Å². The Balaban J connectivity index is 2.25. The molecule has 1 rings (SSSR count). The van der Waals surface area contributed by atoms with Crippen molar-refractivity contribution in [3.8, 4) is 0 Å². The summed E-state index contributed by atoms with van der Waals surface area (Å²) in [4.78, 5) is 15.6. The highest BCUT2D eigenvalue weighted by molar-refractivity contribution is 5.73. The maximum Gasteiger partial charge on any atom is 0.219 e. The highest BCUT2D eigenvalue weighted by atomic mass is 16.2. The fraction of sp³-hybridized carbons (Fsp3) is 0.688. The van der Waals surface area contributed by atoms with E-state index in [0.29, 0.717) is 0 Å². The normalized spacial score (nSPS) is 17.5. The number of hydrogen-bond acceptors (Lipinski definition) is 2. The molecule has 3 nitrogen and oxygen atoms in total. The number of nitrogens with zero attached hydrogens (tertiary/aromatic N) is 2. The van der Waals surface area contributed by atoms with Crippen molar-refractivity contribution in [2.24, 2.45) is 0 Å². The fourth-order valence-electron chi connectivity index (χ4n) is 2.22. The van der Waals surface area contributed by atoms with E-state index in [1.165, 1.54) is 11.1 Å². The summed E-state index contributed by atoms with van der Waals surface area (Å²) in [5.41, 5.74) is 2.86. The number of carbonyl (C=O) groups is 1. The van der Waals surface area contributed by atoms with E-state index >= 15 is 0 Å². The van der Waals surface area contributed by atoms with Gasteiger partial charge in [0.2, 0.25) is 5.91 Å². The first-order valence-corrected chi connectivity index (χ1v) is 7.26. The molecule has 0 aromatic heterocycles. The second-order valence-electron chi connectivity index (χ2n) is 5.68. The Morgan fingerprint density at radius 3 is 2.16 bits per heavy atom. The third-order valence-corrected chi connectivity index (χ3v) is 3.61. The van der Waals surface area contributed by atoms with E-state index in [-0.39, 0.29) is 5.91 Å². The third-order valence-electron chi connectivity index (χ3n) is 3.61. The van der Waals surface area contributed by atoms with E-state index in [1.54, 1.807) is 6.92 Å². The van der Waals surface area contributed by atoms with Crippen LogP contribution in [0.3, 0.4) is 0 Å². The summed E-state index contributed by atoms with van der Waals surface area (Å²) in [7, 11) is 0. The van der Waals surface area contributed by atoms with E-state index in [1.807, 2.05) is 4.90 Å². The quantitative estimate of drug-likeness (QED) is 0.713. The van der Waals surface area contributed by atoms with Crippen LogP contribution < -0.4 is 0 Å². The summed E-state index contributed by atoms with van der Waals surface area (Å²) >= 11 is 0. The van der Waals surface area contributed by atoms with Crippen molar-refractivity contribution in [1.29, 1.82) is 0 Å². The molecular formula is C16H28N2O. The smallest absolute Gasteiger partial charge is 0.219 e. The van der Waals surface area contributed by atoms with Crippen LogP contribution in [0.1, 0.15) is 40.5 Å². The molecule has 1 fully saturated rings. The average molecular weight is 264 g/mol. The molecule has 1 heterocycles. The first-order chi connectivity index (χ1) is 8.99. The van der Waals surface area contributed by atoms with Gasteiger partial charge in [-0.25, -0.2) is 0 Å².